The predicted molar refractivity (Wildman–Crippen MR) is 131 cm³/mol. The molecule has 0 fully saturated rings. The zero-order chi connectivity index (χ0) is 24.1. The van der Waals surface area contributed by atoms with E-state index in [1.54, 1.807) is 37.5 Å². The van der Waals surface area contributed by atoms with E-state index in [2.05, 4.69) is 4.98 Å². The standard InChI is InChI=1S/C27H24N2O4S/c1-2-34(31,32)23-11-8-20(9-12-23)26(27(28)30)21-10-13-24(19-14-16-29-17-15-19)25(18-21)33-22-6-4-3-5-7-22/h3-18,26H,2H2,1H3,(H2,28,30). The lowest BCUT2D eigenvalue weighted by atomic mass is 9.89. The van der Waals surface area contributed by atoms with Gasteiger partial charge in [-0.15, -0.1) is 0 Å². The van der Waals surface area contributed by atoms with Gasteiger partial charge in [0.05, 0.1) is 16.6 Å². The average molecular weight is 473 g/mol. The molecule has 1 heterocycles. The van der Waals surface area contributed by atoms with Gasteiger partial charge in [-0.05, 0) is 59.2 Å². The van der Waals surface area contributed by atoms with Crippen molar-refractivity contribution in [3.8, 4) is 22.6 Å². The molecule has 0 radical (unpaired) electrons. The van der Waals surface area contributed by atoms with Crippen LogP contribution in [0.4, 0.5) is 0 Å². The normalized spacial score (nSPS) is 12.1. The minimum atomic E-state index is -3.34. The van der Waals surface area contributed by atoms with Crippen LogP contribution in [-0.4, -0.2) is 25.1 Å². The summed E-state index contributed by atoms with van der Waals surface area (Å²) in [6.45, 7) is 1.59. The molecule has 2 N–H and O–H groups in total. The molecule has 34 heavy (non-hydrogen) atoms. The minimum Gasteiger partial charge on any atom is -0.457 e. The van der Waals surface area contributed by atoms with Gasteiger partial charge in [0, 0.05) is 18.0 Å². The van der Waals surface area contributed by atoms with Gasteiger partial charge in [-0.25, -0.2) is 8.42 Å². The van der Waals surface area contributed by atoms with Crippen LogP contribution in [0.5, 0.6) is 11.5 Å². The molecular weight excluding hydrogens is 448 g/mol. The van der Waals surface area contributed by atoms with Crippen LogP contribution in [0.15, 0.2) is 102 Å². The first-order valence-electron chi connectivity index (χ1n) is 10.8. The highest BCUT2D eigenvalue weighted by Gasteiger charge is 2.23. The average Bonchev–Trinajstić information content (AvgIpc) is 2.86. The fraction of sp³-hybridized carbons (Fsp3) is 0.111. The molecule has 1 aromatic heterocycles. The Morgan fingerprint density at radius 3 is 2.18 bits per heavy atom. The maximum atomic E-state index is 12.5. The van der Waals surface area contributed by atoms with Crippen LogP contribution in [-0.2, 0) is 14.6 Å². The molecule has 7 heteroatoms. The molecule has 1 atom stereocenters. The van der Waals surface area contributed by atoms with Crippen LogP contribution in [0.2, 0.25) is 0 Å². The van der Waals surface area contributed by atoms with Gasteiger partial charge in [0.2, 0.25) is 5.91 Å². The number of para-hydroxylation sites is 1. The van der Waals surface area contributed by atoms with Gasteiger partial charge < -0.3 is 10.5 Å². The summed E-state index contributed by atoms with van der Waals surface area (Å²) in [6.07, 6.45) is 3.40. The van der Waals surface area contributed by atoms with E-state index in [4.69, 9.17) is 10.5 Å². The molecule has 4 aromatic rings. The number of benzene rings is 3. The number of hydrogen-bond donors (Lipinski definition) is 1. The van der Waals surface area contributed by atoms with Crippen LogP contribution < -0.4 is 10.5 Å². The number of carbonyl (C=O) groups is 1. The Bertz CT molecular complexity index is 1390. The molecule has 0 saturated carbocycles. The second kappa shape index (κ2) is 9.89. The van der Waals surface area contributed by atoms with Crippen molar-refractivity contribution in [2.24, 2.45) is 5.73 Å². The van der Waals surface area contributed by atoms with E-state index in [1.165, 1.54) is 12.1 Å². The predicted octanol–water partition coefficient (Wildman–Crippen LogP) is 4.95. The molecule has 0 saturated heterocycles. The van der Waals surface area contributed by atoms with Crippen molar-refractivity contribution in [1.29, 1.82) is 0 Å². The van der Waals surface area contributed by atoms with Gasteiger partial charge in [-0.3, -0.25) is 9.78 Å². The Morgan fingerprint density at radius 1 is 0.912 bits per heavy atom. The van der Waals surface area contributed by atoms with Gasteiger partial charge in [0.1, 0.15) is 11.5 Å². The third-order valence-corrected chi connectivity index (χ3v) is 7.29. The number of primary amides is 1. The van der Waals surface area contributed by atoms with Crippen molar-refractivity contribution >= 4 is 15.7 Å². The van der Waals surface area contributed by atoms with Crippen molar-refractivity contribution in [2.75, 3.05) is 5.75 Å². The van der Waals surface area contributed by atoms with Crippen molar-refractivity contribution in [3.05, 3.63) is 108 Å². The Balaban J connectivity index is 1.79. The first-order chi connectivity index (χ1) is 16.4. The lowest BCUT2D eigenvalue weighted by molar-refractivity contribution is -0.118. The lowest BCUT2D eigenvalue weighted by Gasteiger charge is -2.18. The number of carbonyl (C=O) groups excluding carboxylic acids is 1. The van der Waals surface area contributed by atoms with Gasteiger partial charge in [0.15, 0.2) is 9.84 Å². The highest BCUT2D eigenvalue weighted by Crippen LogP contribution is 2.37. The number of pyridine rings is 1. The van der Waals surface area contributed by atoms with Crippen molar-refractivity contribution in [3.63, 3.8) is 0 Å². The summed E-state index contributed by atoms with van der Waals surface area (Å²) in [5.74, 6) is -0.107. The molecule has 1 amide bonds. The molecular formula is C27H24N2O4S. The maximum absolute atomic E-state index is 12.5. The minimum absolute atomic E-state index is 0.00223. The van der Waals surface area contributed by atoms with E-state index < -0.39 is 21.7 Å². The third kappa shape index (κ3) is 5.00. The first kappa shape index (κ1) is 23.2. The molecule has 1 unspecified atom stereocenters. The smallest absolute Gasteiger partial charge is 0.229 e. The number of sulfone groups is 1. The summed E-state index contributed by atoms with van der Waals surface area (Å²) in [5, 5.41) is 0. The van der Waals surface area contributed by atoms with Crippen LogP contribution in [0, 0.1) is 0 Å². The molecule has 0 aliphatic heterocycles. The highest BCUT2D eigenvalue weighted by molar-refractivity contribution is 7.91. The van der Waals surface area contributed by atoms with E-state index in [-0.39, 0.29) is 10.6 Å². The van der Waals surface area contributed by atoms with Crippen LogP contribution in [0.25, 0.3) is 11.1 Å². The van der Waals surface area contributed by atoms with E-state index in [1.807, 2.05) is 54.6 Å². The Hall–Kier alpha value is -3.97. The Labute approximate surface area is 199 Å². The zero-order valence-corrected chi connectivity index (χ0v) is 19.4. The number of nitrogens with two attached hydrogens (primary N) is 1. The summed E-state index contributed by atoms with van der Waals surface area (Å²) < 4.78 is 30.5. The lowest BCUT2D eigenvalue weighted by Crippen LogP contribution is -2.22. The molecule has 4 rings (SSSR count). The second-order valence-electron chi connectivity index (χ2n) is 7.71. The largest absolute Gasteiger partial charge is 0.457 e. The number of nitrogens with zero attached hydrogens (tertiary/aromatic N) is 1. The molecule has 3 aromatic carbocycles. The third-order valence-electron chi connectivity index (χ3n) is 5.54. The van der Waals surface area contributed by atoms with Crippen molar-refractivity contribution in [2.45, 2.75) is 17.7 Å². The Kier molecular flexibility index (Phi) is 6.75. The highest BCUT2D eigenvalue weighted by atomic mass is 32.2. The van der Waals surface area contributed by atoms with Crippen LogP contribution in [0.1, 0.15) is 24.0 Å². The number of ether oxygens (including phenoxy) is 1. The van der Waals surface area contributed by atoms with Gasteiger partial charge in [0.25, 0.3) is 0 Å². The fourth-order valence-corrected chi connectivity index (χ4v) is 4.63. The van der Waals surface area contributed by atoms with Crippen molar-refractivity contribution in [1.82, 2.24) is 4.98 Å². The molecule has 0 spiro atoms. The van der Waals surface area contributed by atoms with E-state index in [9.17, 15) is 13.2 Å². The van der Waals surface area contributed by atoms with E-state index >= 15 is 0 Å². The van der Waals surface area contributed by atoms with E-state index in [0.29, 0.717) is 22.6 Å². The molecule has 172 valence electrons. The molecule has 0 bridgehead atoms. The summed E-state index contributed by atoms with van der Waals surface area (Å²) in [7, 11) is -3.34. The number of aromatic nitrogens is 1. The summed E-state index contributed by atoms with van der Waals surface area (Å²) in [6, 6.07) is 24.9. The van der Waals surface area contributed by atoms with Gasteiger partial charge in [-0.2, -0.15) is 0 Å². The monoisotopic (exact) mass is 472 g/mol. The topological polar surface area (TPSA) is 99.3 Å². The summed E-state index contributed by atoms with van der Waals surface area (Å²) in [5.41, 5.74) is 8.79. The Morgan fingerprint density at radius 2 is 1.56 bits per heavy atom. The molecule has 0 aliphatic rings. The van der Waals surface area contributed by atoms with Gasteiger partial charge in [-0.1, -0.05) is 49.4 Å². The fourth-order valence-electron chi connectivity index (χ4n) is 3.74. The SMILES string of the molecule is CCS(=O)(=O)c1ccc(C(C(N)=O)c2ccc(-c3ccncc3)c(Oc3ccccc3)c2)cc1. The van der Waals surface area contributed by atoms with Gasteiger partial charge >= 0.3 is 0 Å². The maximum Gasteiger partial charge on any atom is 0.229 e. The number of hydrogen-bond acceptors (Lipinski definition) is 5. The number of rotatable bonds is 8. The van der Waals surface area contributed by atoms with Crippen LogP contribution in [0.3, 0.4) is 0 Å². The summed E-state index contributed by atoms with van der Waals surface area (Å²) in [4.78, 5) is 16.8. The second-order valence-corrected chi connectivity index (χ2v) is 9.99. The van der Waals surface area contributed by atoms with Crippen molar-refractivity contribution < 1.29 is 17.9 Å². The zero-order valence-electron chi connectivity index (χ0n) is 18.6. The number of amides is 1. The quantitative estimate of drug-likeness (QED) is 0.391. The molecule has 0 aliphatic carbocycles. The molecule has 6 nitrogen and oxygen atoms in total. The first-order valence-corrected chi connectivity index (χ1v) is 12.4. The summed E-state index contributed by atoms with van der Waals surface area (Å²) >= 11 is 0. The van der Waals surface area contributed by atoms with Crippen LogP contribution >= 0.6 is 0 Å². The van der Waals surface area contributed by atoms with E-state index in [0.717, 1.165) is 11.1 Å².